The second-order valence-corrected chi connectivity index (χ2v) is 3.04. The van der Waals surface area contributed by atoms with Crippen LogP contribution in [0.4, 0.5) is 5.95 Å². The molecule has 0 radical (unpaired) electrons. The Hall–Kier alpha value is -2.31. The molecule has 0 fully saturated rings. The van der Waals surface area contributed by atoms with E-state index in [1.165, 1.54) is 6.07 Å². The SMILES string of the molecule is Nc1nc2cc3c(cc2[n+]([O-])n1)OCO3. The minimum Gasteiger partial charge on any atom is -0.594 e. The summed E-state index contributed by atoms with van der Waals surface area (Å²) in [7, 11) is 0. The minimum atomic E-state index is -0.0728. The quantitative estimate of drug-likeness (QED) is 0.464. The zero-order valence-corrected chi connectivity index (χ0v) is 7.51. The van der Waals surface area contributed by atoms with Gasteiger partial charge in [-0.2, -0.15) is 0 Å². The Balaban J connectivity index is 2.38. The first-order valence-electron chi connectivity index (χ1n) is 4.21. The summed E-state index contributed by atoms with van der Waals surface area (Å²) >= 11 is 0. The van der Waals surface area contributed by atoms with Gasteiger partial charge < -0.3 is 20.4 Å². The number of nitrogens with two attached hydrogens (primary N) is 1. The van der Waals surface area contributed by atoms with Crippen LogP contribution in [0.1, 0.15) is 0 Å². The first-order chi connectivity index (χ1) is 7.24. The lowest BCUT2D eigenvalue weighted by Gasteiger charge is -2.00. The van der Waals surface area contributed by atoms with Crippen LogP contribution >= 0.6 is 0 Å². The molecule has 2 heterocycles. The third-order valence-electron chi connectivity index (χ3n) is 2.10. The standard InChI is InChI=1S/C8H6N4O3/c9-8-10-4-1-6-7(15-3-14-6)2-5(4)12(13)11-8/h1-2H,3H2,(H2,9,10,11). The summed E-state index contributed by atoms with van der Waals surface area (Å²) in [5, 5.41) is 14.8. The number of rotatable bonds is 0. The molecule has 15 heavy (non-hydrogen) atoms. The van der Waals surface area contributed by atoms with Gasteiger partial charge in [0.25, 0.3) is 11.5 Å². The van der Waals surface area contributed by atoms with E-state index in [9.17, 15) is 5.21 Å². The van der Waals surface area contributed by atoms with Crippen molar-refractivity contribution in [2.45, 2.75) is 0 Å². The molecule has 2 N–H and O–H groups in total. The van der Waals surface area contributed by atoms with E-state index in [1.807, 2.05) is 0 Å². The van der Waals surface area contributed by atoms with E-state index in [1.54, 1.807) is 6.07 Å². The van der Waals surface area contributed by atoms with Gasteiger partial charge in [0, 0.05) is 6.07 Å². The van der Waals surface area contributed by atoms with Gasteiger partial charge in [-0.3, -0.25) is 0 Å². The van der Waals surface area contributed by atoms with Gasteiger partial charge in [-0.1, -0.05) is 0 Å². The monoisotopic (exact) mass is 206 g/mol. The Morgan fingerprint density at radius 2 is 2.07 bits per heavy atom. The number of nitrogen functional groups attached to an aromatic ring is 1. The van der Waals surface area contributed by atoms with Crippen molar-refractivity contribution in [2.24, 2.45) is 0 Å². The van der Waals surface area contributed by atoms with Gasteiger partial charge in [-0.05, 0) is 4.85 Å². The van der Waals surface area contributed by atoms with Gasteiger partial charge >= 0.3 is 0 Å². The fourth-order valence-electron chi connectivity index (χ4n) is 1.46. The van der Waals surface area contributed by atoms with Crippen LogP contribution in [-0.4, -0.2) is 16.9 Å². The molecule has 2 aromatic rings. The Kier molecular flexibility index (Phi) is 1.39. The maximum Gasteiger partial charge on any atom is 0.288 e. The Morgan fingerprint density at radius 3 is 2.87 bits per heavy atom. The molecule has 0 spiro atoms. The van der Waals surface area contributed by atoms with Crippen LogP contribution in [0, 0.1) is 5.21 Å². The van der Waals surface area contributed by atoms with Crippen molar-refractivity contribution < 1.29 is 14.3 Å². The number of hydrogen-bond acceptors (Lipinski definition) is 6. The maximum atomic E-state index is 11.4. The molecule has 0 bridgehead atoms. The Bertz CT molecular complexity index is 557. The van der Waals surface area contributed by atoms with Crippen LogP contribution in [0.25, 0.3) is 11.0 Å². The van der Waals surface area contributed by atoms with Gasteiger partial charge in [-0.15, -0.1) is 0 Å². The zero-order valence-electron chi connectivity index (χ0n) is 7.51. The summed E-state index contributed by atoms with van der Waals surface area (Å²) in [6.45, 7) is 0.146. The molecule has 3 rings (SSSR count). The van der Waals surface area contributed by atoms with Crippen molar-refractivity contribution in [2.75, 3.05) is 12.5 Å². The molecule has 0 aliphatic carbocycles. The number of anilines is 1. The molecular formula is C8H6N4O3. The summed E-state index contributed by atoms with van der Waals surface area (Å²) in [5.41, 5.74) is 6.09. The Morgan fingerprint density at radius 1 is 1.33 bits per heavy atom. The van der Waals surface area contributed by atoms with Crippen molar-refractivity contribution in [1.29, 1.82) is 0 Å². The van der Waals surface area contributed by atoms with E-state index in [0.29, 0.717) is 27.4 Å². The predicted molar refractivity (Wildman–Crippen MR) is 49.0 cm³/mol. The lowest BCUT2D eigenvalue weighted by atomic mass is 10.2. The molecule has 0 unspecified atom stereocenters. The molecule has 0 atom stereocenters. The van der Waals surface area contributed by atoms with Crippen LogP contribution in [0.15, 0.2) is 12.1 Å². The van der Waals surface area contributed by atoms with Gasteiger partial charge in [0.1, 0.15) is 5.52 Å². The van der Waals surface area contributed by atoms with Crippen LogP contribution in [0.5, 0.6) is 11.5 Å². The van der Waals surface area contributed by atoms with Crippen LogP contribution in [-0.2, 0) is 0 Å². The summed E-state index contributed by atoms with van der Waals surface area (Å²) in [6.07, 6.45) is 0. The normalized spacial score (nSPS) is 13.3. The van der Waals surface area contributed by atoms with Gasteiger partial charge in [0.05, 0.1) is 11.2 Å². The summed E-state index contributed by atoms with van der Waals surface area (Å²) in [4.78, 5) is 4.34. The van der Waals surface area contributed by atoms with Crippen LogP contribution in [0.3, 0.4) is 0 Å². The van der Waals surface area contributed by atoms with Gasteiger partial charge in [0.15, 0.2) is 11.5 Å². The smallest absolute Gasteiger partial charge is 0.288 e. The van der Waals surface area contributed by atoms with E-state index < -0.39 is 0 Å². The lowest BCUT2D eigenvalue weighted by molar-refractivity contribution is -0.641. The molecule has 1 aromatic carbocycles. The molecular weight excluding hydrogens is 200 g/mol. The third-order valence-corrected chi connectivity index (χ3v) is 2.10. The third kappa shape index (κ3) is 1.09. The van der Waals surface area contributed by atoms with E-state index >= 15 is 0 Å². The van der Waals surface area contributed by atoms with Crippen molar-refractivity contribution in [1.82, 2.24) is 10.1 Å². The summed E-state index contributed by atoms with van der Waals surface area (Å²) < 4.78 is 10.3. The predicted octanol–water partition coefficient (Wildman–Crippen LogP) is -0.426. The van der Waals surface area contributed by atoms with E-state index in [4.69, 9.17) is 15.2 Å². The van der Waals surface area contributed by atoms with Crippen molar-refractivity contribution in [3.8, 4) is 11.5 Å². The number of nitrogens with zero attached hydrogens (tertiary/aromatic N) is 3. The fourth-order valence-corrected chi connectivity index (χ4v) is 1.46. The maximum absolute atomic E-state index is 11.4. The van der Waals surface area contributed by atoms with E-state index in [0.717, 1.165) is 0 Å². The molecule has 0 amide bonds. The minimum absolute atomic E-state index is 0.0728. The van der Waals surface area contributed by atoms with Gasteiger partial charge in [0.2, 0.25) is 6.79 Å². The number of benzene rings is 1. The molecule has 7 heteroatoms. The topological polar surface area (TPSA) is 97.2 Å². The molecule has 7 nitrogen and oxygen atoms in total. The second kappa shape index (κ2) is 2.59. The fraction of sp³-hybridized carbons (Fsp3) is 0.125. The second-order valence-electron chi connectivity index (χ2n) is 3.04. The number of hydrogen-bond donors (Lipinski definition) is 1. The van der Waals surface area contributed by atoms with E-state index in [-0.39, 0.29) is 12.7 Å². The van der Waals surface area contributed by atoms with Crippen molar-refractivity contribution in [3.05, 3.63) is 17.3 Å². The largest absolute Gasteiger partial charge is 0.594 e. The average Bonchev–Trinajstić information content (AvgIpc) is 2.61. The first-order valence-corrected chi connectivity index (χ1v) is 4.21. The molecule has 0 saturated carbocycles. The highest BCUT2D eigenvalue weighted by atomic mass is 16.7. The van der Waals surface area contributed by atoms with Crippen molar-refractivity contribution in [3.63, 3.8) is 0 Å². The highest BCUT2D eigenvalue weighted by Crippen LogP contribution is 2.34. The van der Waals surface area contributed by atoms with Gasteiger partial charge in [-0.25, -0.2) is 4.98 Å². The number of fused-ring (bicyclic) bond motifs is 2. The molecule has 76 valence electrons. The molecule has 1 aromatic heterocycles. The van der Waals surface area contributed by atoms with Crippen LogP contribution < -0.4 is 20.1 Å². The number of aromatic nitrogens is 3. The number of ether oxygens (including phenoxy) is 2. The average molecular weight is 206 g/mol. The Labute approximate surface area is 83.6 Å². The summed E-state index contributed by atoms with van der Waals surface area (Å²) in [5.74, 6) is 0.998. The molecule has 0 saturated heterocycles. The molecule has 1 aliphatic rings. The molecule has 1 aliphatic heterocycles. The first kappa shape index (κ1) is 8.04. The van der Waals surface area contributed by atoms with E-state index in [2.05, 4.69) is 10.1 Å². The highest BCUT2D eigenvalue weighted by Gasteiger charge is 2.19. The zero-order chi connectivity index (χ0) is 10.4. The lowest BCUT2D eigenvalue weighted by Crippen LogP contribution is -2.33. The highest BCUT2D eigenvalue weighted by molar-refractivity contribution is 5.77. The summed E-state index contributed by atoms with van der Waals surface area (Å²) in [6, 6.07) is 3.13. The van der Waals surface area contributed by atoms with Crippen LogP contribution in [0.2, 0.25) is 0 Å². The van der Waals surface area contributed by atoms with Crippen molar-refractivity contribution >= 4 is 17.0 Å².